The van der Waals surface area contributed by atoms with E-state index >= 15 is 0 Å². The molecule has 0 aliphatic heterocycles. The second-order valence-corrected chi connectivity index (χ2v) is 11.0. The van der Waals surface area contributed by atoms with Gasteiger partial charge in [0, 0.05) is 20.5 Å². The molecule has 1 unspecified atom stereocenters. The molecule has 6 N–H and O–H groups in total. The third-order valence-corrected chi connectivity index (χ3v) is 6.08. The fourth-order valence-corrected chi connectivity index (χ4v) is 3.73. The smallest absolute Gasteiger partial charge is 0.300 e. The lowest BCUT2D eigenvalue weighted by Crippen LogP contribution is -2.40. The van der Waals surface area contributed by atoms with Gasteiger partial charge < -0.3 is 40.1 Å². The van der Waals surface area contributed by atoms with Gasteiger partial charge in [0.05, 0.1) is 45.1 Å². The minimum Gasteiger partial charge on any atom is -0.481 e. The summed E-state index contributed by atoms with van der Waals surface area (Å²) < 4.78 is 11.0. The zero-order valence-electron chi connectivity index (χ0n) is 25.8. The Morgan fingerprint density at radius 3 is 1.35 bits per heavy atom. The average Bonchev–Trinajstić information content (AvgIpc) is 2.88. The number of aliphatic hydroxyl groups is 4. The number of hydrogen-bond donors (Lipinski definition) is 6. The van der Waals surface area contributed by atoms with Gasteiger partial charge in [-0.2, -0.15) is 0 Å². The fourth-order valence-electron chi connectivity index (χ4n) is 3.73. The number of unbranched alkanes of at least 4 members (excludes halogenated alkanes) is 12. The summed E-state index contributed by atoms with van der Waals surface area (Å²) in [5, 5.41) is 52.2. The van der Waals surface area contributed by atoms with Gasteiger partial charge in [-0.3, -0.25) is 9.59 Å². The molecule has 1 atom stereocenters. The maximum atomic E-state index is 9.61. The molecule has 0 aromatic heterocycles. The molecule has 242 valence electrons. The van der Waals surface area contributed by atoms with Crippen molar-refractivity contribution in [3.8, 4) is 0 Å². The van der Waals surface area contributed by atoms with Crippen molar-refractivity contribution in [2.45, 2.75) is 124 Å². The van der Waals surface area contributed by atoms with Crippen molar-refractivity contribution in [1.29, 1.82) is 0 Å². The maximum Gasteiger partial charge on any atom is 0.300 e. The highest BCUT2D eigenvalue weighted by atomic mass is 16.5. The van der Waals surface area contributed by atoms with Crippen molar-refractivity contribution in [3.63, 3.8) is 0 Å². The Hall–Kier alpha value is -1.30. The number of ether oxygens (including phenoxy) is 2. The van der Waals surface area contributed by atoms with Crippen LogP contribution in [0.25, 0.3) is 0 Å². The van der Waals surface area contributed by atoms with Gasteiger partial charge in [0.1, 0.15) is 6.10 Å². The Kier molecular flexibility index (Phi) is 34.8. The second-order valence-electron chi connectivity index (χ2n) is 11.0. The second kappa shape index (κ2) is 32.2. The number of rotatable bonds is 25. The zero-order valence-corrected chi connectivity index (χ0v) is 25.8. The van der Waals surface area contributed by atoms with E-state index in [0.29, 0.717) is 6.61 Å². The van der Waals surface area contributed by atoms with Crippen LogP contribution in [0.1, 0.15) is 118 Å². The third kappa shape index (κ3) is 38.8. The molecule has 0 aliphatic carbocycles. The molecular weight excluding hydrogens is 520 g/mol. The molecule has 0 spiro atoms. The first-order valence-electron chi connectivity index (χ1n) is 15.0. The molecule has 10 nitrogen and oxygen atoms in total. The van der Waals surface area contributed by atoms with Gasteiger partial charge in [0.2, 0.25) is 0 Å². The Morgan fingerprint density at radius 2 is 1.00 bits per heavy atom. The van der Waals surface area contributed by atoms with Crippen LogP contribution in [0.2, 0.25) is 0 Å². The van der Waals surface area contributed by atoms with E-state index < -0.39 is 23.5 Å². The first-order valence-corrected chi connectivity index (χ1v) is 15.0. The monoisotopic (exact) mass is 582 g/mol. The summed E-state index contributed by atoms with van der Waals surface area (Å²) in [7, 11) is 0. The summed E-state index contributed by atoms with van der Waals surface area (Å²) in [5.74, 6) is -0.815. The Morgan fingerprint density at radius 1 is 0.650 bits per heavy atom. The highest BCUT2D eigenvalue weighted by Gasteiger charge is 2.30. The van der Waals surface area contributed by atoms with E-state index in [0.717, 1.165) is 32.6 Å². The summed E-state index contributed by atoms with van der Waals surface area (Å²) in [5.41, 5.74) is -0.872. The van der Waals surface area contributed by atoms with Crippen LogP contribution in [0.4, 0.5) is 0 Å². The van der Waals surface area contributed by atoms with E-state index in [1.807, 2.05) is 0 Å². The van der Waals surface area contributed by atoms with Gasteiger partial charge in [-0.1, -0.05) is 97.3 Å². The topological polar surface area (TPSA) is 174 Å². The predicted molar refractivity (Wildman–Crippen MR) is 157 cm³/mol. The van der Waals surface area contributed by atoms with Crippen LogP contribution in [0.15, 0.2) is 0 Å². The van der Waals surface area contributed by atoms with Crippen molar-refractivity contribution >= 4 is 11.9 Å². The van der Waals surface area contributed by atoms with E-state index in [2.05, 4.69) is 13.8 Å². The molecule has 0 fully saturated rings. The van der Waals surface area contributed by atoms with Crippen LogP contribution < -0.4 is 0 Å². The average molecular weight is 583 g/mol. The van der Waals surface area contributed by atoms with E-state index in [9.17, 15) is 15.3 Å². The molecule has 0 saturated carbocycles. The van der Waals surface area contributed by atoms with Crippen LogP contribution in [0.3, 0.4) is 0 Å². The van der Waals surface area contributed by atoms with Crippen molar-refractivity contribution in [2.24, 2.45) is 11.3 Å². The normalized spacial score (nSPS) is 11.8. The summed E-state index contributed by atoms with van der Waals surface area (Å²) in [6.45, 7) is 6.78. The lowest BCUT2D eigenvalue weighted by molar-refractivity contribution is -0.135. The number of carbonyl (C=O) groups is 2. The molecule has 0 rings (SSSR count). The van der Waals surface area contributed by atoms with Gasteiger partial charge in [-0.25, -0.2) is 0 Å². The summed E-state index contributed by atoms with van der Waals surface area (Å²) in [4.78, 5) is 18.0. The van der Waals surface area contributed by atoms with Crippen molar-refractivity contribution in [1.82, 2.24) is 0 Å². The van der Waals surface area contributed by atoms with Crippen molar-refractivity contribution in [2.75, 3.05) is 46.2 Å². The third-order valence-electron chi connectivity index (χ3n) is 6.08. The molecule has 0 aromatic carbocycles. The molecule has 0 saturated heterocycles. The SMILES string of the molecule is CC(=O)O.CC(=O)O.CC(C)CCCCCCCCCCCCCCCOCC(CO)(CO)COCC(O)CO. The lowest BCUT2D eigenvalue weighted by atomic mass is 9.92. The van der Waals surface area contributed by atoms with Gasteiger partial charge >= 0.3 is 0 Å². The first-order chi connectivity index (χ1) is 19.0. The highest BCUT2D eigenvalue weighted by molar-refractivity contribution is 5.63. The summed E-state index contributed by atoms with van der Waals surface area (Å²) in [6, 6.07) is 0. The number of hydrogen-bond acceptors (Lipinski definition) is 8. The number of aliphatic hydroxyl groups excluding tert-OH is 4. The Balaban J connectivity index is -0.00000150. The maximum absolute atomic E-state index is 9.61. The van der Waals surface area contributed by atoms with E-state index in [1.54, 1.807) is 0 Å². The first kappa shape index (κ1) is 43.2. The molecule has 0 heterocycles. The minimum absolute atomic E-state index is 0.0311. The zero-order chi connectivity index (χ0) is 31.1. The molecule has 10 heteroatoms. The van der Waals surface area contributed by atoms with Crippen molar-refractivity contribution < 1.29 is 49.7 Å². The van der Waals surface area contributed by atoms with Crippen LogP contribution >= 0.6 is 0 Å². The summed E-state index contributed by atoms with van der Waals surface area (Å²) >= 11 is 0. The van der Waals surface area contributed by atoms with Crippen LogP contribution in [0, 0.1) is 11.3 Å². The van der Waals surface area contributed by atoms with Gasteiger partial charge in [-0.05, 0) is 12.3 Å². The predicted octanol–water partition coefficient (Wildman–Crippen LogP) is 4.64. The van der Waals surface area contributed by atoms with Gasteiger partial charge in [-0.15, -0.1) is 0 Å². The molecule has 0 aromatic rings. The van der Waals surface area contributed by atoms with E-state index in [1.165, 1.54) is 77.0 Å². The fraction of sp³-hybridized carbons (Fsp3) is 0.933. The van der Waals surface area contributed by atoms with Crippen LogP contribution in [-0.4, -0.2) is 94.9 Å². The number of carboxylic acids is 2. The minimum atomic E-state index is -0.949. The summed E-state index contributed by atoms with van der Waals surface area (Å²) in [6.07, 6.45) is 17.5. The molecular formula is C30H62O10. The van der Waals surface area contributed by atoms with Gasteiger partial charge in [0.15, 0.2) is 0 Å². The largest absolute Gasteiger partial charge is 0.481 e. The van der Waals surface area contributed by atoms with E-state index in [-0.39, 0.29) is 39.6 Å². The standard InChI is InChI=1S/C26H54O6.2C2H4O2/c1-24(2)16-14-12-10-8-6-4-3-5-7-9-11-13-15-17-31-22-26(20-28,21-29)23-32-19-25(30)18-27;2*1-2(3)4/h24-25,27-30H,3-23H2,1-2H3;2*1H3,(H,3,4). The number of aliphatic carboxylic acids is 2. The van der Waals surface area contributed by atoms with Crippen LogP contribution in [0.5, 0.6) is 0 Å². The van der Waals surface area contributed by atoms with Crippen LogP contribution in [-0.2, 0) is 19.1 Å². The molecule has 0 radical (unpaired) electrons. The van der Waals surface area contributed by atoms with Gasteiger partial charge in [0.25, 0.3) is 11.9 Å². The molecule has 40 heavy (non-hydrogen) atoms. The van der Waals surface area contributed by atoms with E-state index in [4.69, 9.17) is 34.4 Å². The number of carboxylic acid groups (broad SMARTS) is 2. The van der Waals surface area contributed by atoms with Crippen molar-refractivity contribution in [3.05, 3.63) is 0 Å². The lowest BCUT2D eigenvalue weighted by Gasteiger charge is -2.29. The molecule has 0 aliphatic rings. The molecule has 0 bridgehead atoms. The highest BCUT2D eigenvalue weighted by Crippen LogP contribution is 2.18. The Labute approximate surface area is 243 Å². The molecule has 0 amide bonds. The quantitative estimate of drug-likeness (QED) is 0.0832. The Bertz CT molecular complexity index is 519.